The van der Waals surface area contributed by atoms with Crippen LogP contribution in [-0.4, -0.2) is 72.5 Å². The van der Waals surface area contributed by atoms with Crippen molar-refractivity contribution < 1.29 is 22.7 Å². The van der Waals surface area contributed by atoms with Crippen LogP contribution < -0.4 is 0 Å². The van der Waals surface area contributed by atoms with Gasteiger partial charge in [-0.25, -0.2) is 13.2 Å². The summed E-state index contributed by atoms with van der Waals surface area (Å²) in [7, 11) is -3.26. The summed E-state index contributed by atoms with van der Waals surface area (Å²) < 4.78 is 29.3. The highest BCUT2D eigenvalue weighted by molar-refractivity contribution is 7.91. The van der Waals surface area contributed by atoms with Crippen molar-refractivity contribution in [1.29, 1.82) is 0 Å². The maximum absolute atomic E-state index is 12.3. The summed E-state index contributed by atoms with van der Waals surface area (Å²) in [5, 5.41) is 0. The number of amides is 2. The molecule has 2 aliphatic heterocycles. The lowest BCUT2D eigenvalue weighted by Crippen LogP contribution is -2.62. The number of rotatable bonds is 1. The number of hydrogen-bond donors (Lipinski definition) is 0. The second-order valence-electron chi connectivity index (χ2n) is 6.83. The third-order valence-corrected chi connectivity index (χ3v) is 5.63. The highest BCUT2D eigenvalue weighted by atomic mass is 32.2. The molecule has 0 aromatic heterocycles. The normalized spacial score (nSPS) is 27.5. The van der Waals surface area contributed by atoms with E-state index in [4.69, 9.17) is 4.74 Å². The van der Waals surface area contributed by atoms with Crippen LogP contribution in [0.5, 0.6) is 0 Å². The van der Waals surface area contributed by atoms with Gasteiger partial charge in [-0.1, -0.05) is 6.92 Å². The van der Waals surface area contributed by atoms with Crippen LogP contribution in [0.4, 0.5) is 4.79 Å². The van der Waals surface area contributed by atoms with E-state index in [0.29, 0.717) is 19.5 Å². The quantitative estimate of drug-likeness (QED) is 0.704. The van der Waals surface area contributed by atoms with Crippen LogP contribution in [0.3, 0.4) is 0 Å². The number of nitrogens with zero attached hydrogens (tertiary/aromatic N) is 2. The SMILES string of the molecule is CCC(=O)N1CCN(C(=O)OC(C)(C)C)C2CS(=O)(=O)CC21. The van der Waals surface area contributed by atoms with Gasteiger partial charge in [0.25, 0.3) is 0 Å². The predicted molar refractivity (Wildman–Crippen MR) is 81.2 cm³/mol. The van der Waals surface area contributed by atoms with Crippen molar-refractivity contribution in [3.8, 4) is 0 Å². The van der Waals surface area contributed by atoms with Crippen LogP contribution in [0.15, 0.2) is 0 Å². The highest BCUT2D eigenvalue weighted by Gasteiger charge is 2.49. The molecule has 0 bridgehead atoms. The van der Waals surface area contributed by atoms with E-state index in [-0.39, 0.29) is 17.4 Å². The second kappa shape index (κ2) is 5.72. The van der Waals surface area contributed by atoms with Crippen molar-refractivity contribution >= 4 is 21.8 Å². The lowest BCUT2D eigenvalue weighted by Gasteiger charge is -2.43. The molecule has 2 amide bonds. The molecule has 0 radical (unpaired) electrons. The number of carbonyl (C=O) groups is 2. The first-order valence-corrected chi connectivity index (χ1v) is 9.36. The van der Waals surface area contributed by atoms with Crippen molar-refractivity contribution in [3.63, 3.8) is 0 Å². The largest absolute Gasteiger partial charge is 0.444 e. The predicted octanol–water partition coefficient (Wildman–Crippen LogP) is 0.641. The molecule has 2 heterocycles. The van der Waals surface area contributed by atoms with Crippen molar-refractivity contribution in [2.45, 2.75) is 51.8 Å². The minimum Gasteiger partial charge on any atom is -0.444 e. The van der Waals surface area contributed by atoms with E-state index in [2.05, 4.69) is 0 Å². The molecule has 2 unspecified atom stereocenters. The molecule has 2 aliphatic rings. The van der Waals surface area contributed by atoms with Crippen LogP contribution in [0, 0.1) is 0 Å². The fourth-order valence-electron chi connectivity index (χ4n) is 3.01. The Kier molecular flexibility index (Phi) is 4.43. The standard InChI is InChI=1S/C14H24N2O5S/c1-5-12(17)15-6-7-16(13(18)21-14(2,3)4)11-9-22(19,20)8-10(11)15/h10-11H,5-9H2,1-4H3. The maximum atomic E-state index is 12.3. The van der Waals surface area contributed by atoms with Gasteiger partial charge in [-0.05, 0) is 20.8 Å². The van der Waals surface area contributed by atoms with Gasteiger partial charge in [0.05, 0.1) is 23.6 Å². The fourth-order valence-corrected chi connectivity index (χ4v) is 4.99. The number of fused-ring (bicyclic) bond motifs is 1. The Morgan fingerprint density at radius 1 is 1.09 bits per heavy atom. The van der Waals surface area contributed by atoms with Crippen molar-refractivity contribution in [2.75, 3.05) is 24.6 Å². The Balaban J connectivity index is 2.23. The maximum Gasteiger partial charge on any atom is 0.410 e. The average Bonchev–Trinajstić information content (AvgIpc) is 2.69. The number of carbonyl (C=O) groups excluding carboxylic acids is 2. The molecule has 8 heteroatoms. The summed E-state index contributed by atoms with van der Waals surface area (Å²) in [6.45, 7) is 7.71. The Hall–Kier alpha value is -1.31. The Morgan fingerprint density at radius 3 is 2.09 bits per heavy atom. The third-order valence-electron chi connectivity index (χ3n) is 3.93. The molecule has 2 fully saturated rings. The molecule has 126 valence electrons. The summed E-state index contributed by atoms with van der Waals surface area (Å²) in [6, 6.07) is -0.970. The first-order chi connectivity index (χ1) is 10.0. The molecule has 0 aromatic carbocycles. The molecule has 2 atom stereocenters. The monoisotopic (exact) mass is 332 g/mol. The van der Waals surface area contributed by atoms with Gasteiger partial charge in [0.1, 0.15) is 5.60 Å². The Labute approximate surface area is 131 Å². The minimum atomic E-state index is -3.26. The van der Waals surface area contributed by atoms with E-state index in [9.17, 15) is 18.0 Å². The molecule has 0 N–H and O–H groups in total. The Morgan fingerprint density at radius 2 is 1.59 bits per heavy atom. The smallest absolute Gasteiger partial charge is 0.410 e. The van der Waals surface area contributed by atoms with E-state index in [1.165, 1.54) is 4.90 Å². The third kappa shape index (κ3) is 3.53. The summed E-state index contributed by atoms with van der Waals surface area (Å²) >= 11 is 0. The molecule has 0 saturated carbocycles. The number of piperazine rings is 1. The molecule has 7 nitrogen and oxygen atoms in total. The number of ether oxygens (including phenoxy) is 1. The first kappa shape index (κ1) is 17.1. The summed E-state index contributed by atoms with van der Waals surface area (Å²) in [6.07, 6.45) is -0.182. The van der Waals surface area contributed by atoms with Crippen LogP contribution in [-0.2, 0) is 19.4 Å². The zero-order valence-corrected chi connectivity index (χ0v) is 14.4. The molecule has 22 heavy (non-hydrogen) atoms. The van der Waals surface area contributed by atoms with E-state index < -0.39 is 33.6 Å². The van der Waals surface area contributed by atoms with Crippen LogP contribution in [0.2, 0.25) is 0 Å². The second-order valence-corrected chi connectivity index (χ2v) is 8.98. The van der Waals surface area contributed by atoms with E-state index in [1.807, 2.05) is 0 Å². The number of sulfone groups is 1. The van der Waals surface area contributed by atoms with E-state index in [1.54, 1.807) is 32.6 Å². The topological polar surface area (TPSA) is 84.0 Å². The van der Waals surface area contributed by atoms with Gasteiger partial charge in [0.2, 0.25) is 5.91 Å². The molecule has 0 spiro atoms. The highest BCUT2D eigenvalue weighted by Crippen LogP contribution is 2.28. The van der Waals surface area contributed by atoms with Gasteiger partial charge in [0, 0.05) is 19.5 Å². The fraction of sp³-hybridized carbons (Fsp3) is 0.857. The molecule has 0 aromatic rings. The van der Waals surface area contributed by atoms with Crippen LogP contribution >= 0.6 is 0 Å². The lowest BCUT2D eigenvalue weighted by molar-refractivity contribution is -0.136. The molecule has 2 rings (SSSR count). The molecular weight excluding hydrogens is 308 g/mol. The van der Waals surface area contributed by atoms with Gasteiger partial charge >= 0.3 is 6.09 Å². The van der Waals surface area contributed by atoms with Crippen molar-refractivity contribution in [1.82, 2.24) is 9.80 Å². The zero-order chi connectivity index (χ0) is 16.7. The van der Waals surface area contributed by atoms with Gasteiger partial charge in [-0.3, -0.25) is 4.79 Å². The average molecular weight is 332 g/mol. The van der Waals surface area contributed by atoms with Crippen LogP contribution in [0.1, 0.15) is 34.1 Å². The van der Waals surface area contributed by atoms with Crippen molar-refractivity contribution in [3.05, 3.63) is 0 Å². The molecule has 2 saturated heterocycles. The number of hydrogen-bond acceptors (Lipinski definition) is 5. The summed E-state index contributed by atoms with van der Waals surface area (Å²) in [5.74, 6) is -0.261. The summed E-state index contributed by atoms with van der Waals surface area (Å²) in [5.41, 5.74) is -0.638. The summed E-state index contributed by atoms with van der Waals surface area (Å²) in [4.78, 5) is 27.4. The Bertz CT molecular complexity index is 566. The first-order valence-electron chi connectivity index (χ1n) is 7.53. The van der Waals surface area contributed by atoms with E-state index in [0.717, 1.165) is 0 Å². The van der Waals surface area contributed by atoms with Gasteiger partial charge < -0.3 is 14.5 Å². The van der Waals surface area contributed by atoms with E-state index >= 15 is 0 Å². The van der Waals surface area contributed by atoms with Gasteiger partial charge in [-0.15, -0.1) is 0 Å². The minimum absolute atomic E-state index is 0.0732. The van der Waals surface area contributed by atoms with Crippen molar-refractivity contribution in [2.24, 2.45) is 0 Å². The van der Waals surface area contributed by atoms with Gasteiger partial charge in [0.15, 0.2) is 9.84 Å². The van der Waals surface area contributed by atoms with Gasteiger partial charge in [-0.2, -0.15) is 0 Å². The zero-order valence-electron chi connectivity index (χ0n) is 13.5. The molecule has 0 aliphatic carbocycles. The lowest BCUT2D eigenvalue weighted by atomic mass is 10.0. The van der Waals surface area contributed by atoms with Crippen LogP contribution in [0.25, 0.3) is 0 Å². The molecular formula is C14H24N2O5S.